The second-order valence-corrected chi connectivity index (χ2v) is 7.57. The van der Waals surface area contributed by atoms with Crippen LogP contribution < -0.4 is 14.8 Å². The summed E-state index contributed by atoms with van der Waals surface area (Å²) < 4.78 is 12.2. The van der Waals surface area contributed by atoms with E-state index in [1.165, 1.54) is 26.4 Å². The molecule has 1 N–H and O–H groups in total. The summed E-state index contributed by atoms with van der Waals surface area (Å²) in [4.78, 5) is 24.8. The molecule has 9 nitrogen and oxygen atoms in total. The number of carbonyl (C=O) groups is 1. The van der Waals surface area contributed by atoms with Gasteiger partial charge in [-0.15, -0.1) is 11.3 Å². The van der Waals surface area contributed by atoms with Crippen LogP contribution >= 0.6 is 11.3 Å². The van der Waals surface area contributed by atoms with Crippen molar-refractivity contribution in [1.29, 1.82) is 0 Å². The van der Waals surface area contributed by atoms with Crippen molar-refractivity contribution in [1.82, 2.24) is 15.1 Å². The fraction of sp³-hybridized carbons (Fsp3) is 0.300. The smallest absolute Gasteiger partial charge is 0.286 e. The monoisotopic (exact) mass is 430 g/mol. The van der Waals surface area contributed by atoms with Gasteiger partial charge in [0, 0.05) is 23.2 Å². The van der Waals surface area contributed by atoms with Gasteiger partial charge < -0.3 is 14.8 Å². The summed E-state index contributed by atoms with van der Waals surface area (Å²) >= 11 is 1.55. The number of benzene rings is 1. The zero-order valence-corrected chi connectivity index (χ0v) is 17.9. The molecule has 158 valence electrons. The predicted molar refractivity (Wildman–Crippen MR) is 113 cm³/mol. The number of nitro benzene ring substituents is 1. The number of methoxy groups -OCH3 is 2. The number of rotatable bonds is 8. The summed E-state index contributed by atoms with van der Waals surface area (Å²) in [6.45, 7) is 4.06. The Labute approximate surface area is 177 Å². The SMILES string of the molecule is COc1cc(C(=O)NCC(c2cccs2)n2nc(C)cc2C)c([N+](=O)[O-])cc1OC. The van der Waals surface area contributed by atoms with Gasteiger partial charge in [-0.1, -0.05) is 6.07 Å². The van der Waals surface area contributed by atoms with Crippen molar-refractivity contribution in [2.45, 2.75) is 19.9 Å². The molecule has 2 aromatic heterocycles. The van der Waals surface area contributed by atoms with Crippen molar-refractivity contribution in [2.75, 3.05) is 20.8 Å². The summed E-state index contributed by atoms with van der Waals surface area (Å²) in [5.41, 5.74) is 1.37. The number of hydrogen-bond donors (Lipinski definition) is 1. The average Bonchev–Trinajstić information content (AvgIpc) is 3.36. The first kappa shape index (κ1) is 21.3. The van der Waals surface area contributed by atoms with Crippen molar-refractivity contribution >= 4 is 22.9 Å². The normalized spacial score (nSPS) is 11.7. The quantitative estimate of drug-likeness (QED) is 0.433. The first-order valence-corrected chi connectivity index (χ1v) is 9.98. The Balaban J connectivity index is 1.91. The number of amides is 1. The van der Waals surface area contributed by atoms with Crippen molar-refractivity contribution in [3.8, 4) is 11.5 Å². The highest BCUT2D eigenvalue weighted by Gasteiger charge is 2.26. The Morgan fingerprint density at radius 1 is 1.27 bits per heavy atom. The van der Waals surface area contributed by atoms with E-state index in [1.807, 2.05) is 42.1 Å². The largest absolute Gasteiger partial charge is 0.493 e. The molecule has 3 rings (SSSR count). The van der Waals surface area contributed by atoms with Crippen LogP contribution in [0.2, 0.25) is 0 Å². The topological polar surface area (TPSA) is 109 Å². The van der Waals surface area contributed by atoms with Crippen LogP contribution in [0, 0.1) is 24.0 Å². The van der Waals surface area contributed by atoms with E-state index in [-0.39, 0.29) is 35.3 Å². The van der Waals surface area contributed by atoms with Crippen molar-refractivity contribution in [2.24, 2.45) is 0 Å². The number of thiophene rings is 1. The van der Waals surface area contributed by atoms with Gasteiger partial charge >= 0.3 is 0 Å². The van der Waals surface area contributed by atoms with Crippen LogP contribution in [0.25, 0.3) is 0 Å². The summed E-state index contributed by atoms with van der Waals surface area (Å²) in [6, 6.07) is 8.13. The van der Waals surface area contributed by atoms with Gasteiger partial charge in [0.2, 0.25) is 0 Å². The first-order valence-electron chi connectivity index (χ1n) is 9.10. The minimum atomic E-state index is -0.616. The lowest BCUT2D eigenvalue weighted by Gasteiger charge is -2.19. The van der Waals surface area contributed by atoms with E-state index in [9.17, 15) is 14.9 Å². The number of hydrogen-bond acceptors (Lipinski definition) is 7. The standard InChI is InChI=1S/C20H22N4O5S/c1-12-8-13(2)23(22-12)16(19-6-5-7-30-19)11-21-20(25)14-9-17(28-3)18(29-4)10-15(14)24(26)27/h5-10,16H,11H2,1-4H3,(H,21,25). The Bertz CT molecular complexity index is 1060. The zero-order valence-electron chi connectivity index (χ0n) is 17.0. The Hall–Kier alpha value is -3.40. The molecule has 1 aromatic carbocycles. The molecule has 0 spiro atoms. The number of ether oxygens (including phenoxy) is 2. The second-order valence-electron chi connectivity index (χ2n) is 6.59. The number of aromatic nitrogens is 2. The molecule has 0 aliphatic rings. The van der Waals surface area contributed by atoms with Crippen LogP contribution in [-0.4, -0.2) is 41.4 Å². The fourth-order valence-electron chi connectivity index (χ4n) is 3.24. The number of nitro groups is 1. The molecule has 2 heterocycles. The maximum absolute atomic E-state index is 12.9. The third kappa shape index (κ3) is 4.28. The van der Waals surface area contributed by atoms with Crippen LogP contribution in [0.1, 0.15) is 32.7 Å². The van der Waals surface area contributed by atoms with Gasteiger partial charge in [0.25, 0.3) is 11.6 Å². The third-order valence-corrected chi connectivity index (χ3v) is 5.58. The summed E-state index contributed by atoms with van der Waals surface area (Å²) in [5, 5.41) is 20.8. The van der Waals surface area contributed by atoms with Gasteiger partial charge in [-0.05, 0) is 31.4 Å². The van der Waals surface area contributed by atoms with E-state index >= 15 is 0 Å². The lowest BCUT2D eigenvalue weighted by molar-refractivity contribution is -0.385. The van der Waals surface area contributed by atoms with E-state index in [4.69, 9.17) is 9.47 Å². The molecule has 1 atom stereocenters. The van der Waals surface area contributed by atoms with E-state index in [0.717, 1.165) is 16.3 Å². The van der Waals surface area contributed by atoms with Crippen LogP contribution in [0.15, 0.2) is 35.7 Å². The Kier molecular flexibility index (Phi) is 6.36. The van der Waals surface area contributed by atoms with Crippen LogP contribution in [0.4, 0.5) is 5.69 Å². The fourth-order valence-corrected chi connectivity index (χ4v) is 4.05. The van der Waals surface area contributed by atoms with Gasteiger partial charge in [0.05, 0.1) is 30.9 Å². The van der Waals surface area contributed by atoms with E-state index < -0.39 is 10.8 Å². The number of aryl methyl sites for hydroxylation is 2. The molecule has 0 radical (unpaired) electrons. The van der Waals surface area contributed by atoms with Gasteiger partial charge in [-0.2, -0.15) is 5.10 Å². The van der Waals surface area contributed by atoms with Gasteiger partial charge in [0.1, 0.15) is 11.6 Å². The van der Waals surface area contributed by atoms with Gasteiger partial charge in [0.15, 0.2) is 11.5 Å². The highest BCUT2D eigenvalue weighted by atomic mass is 32.1. The maximum Gasteiger partial charge on any atom is 0.286 e. The Morgan fingerprint density at radius 3 is 2.50 bits per heavy atom. The molecule has 1 amide bonds. The number of carbonyl (C=O) groups excluding carboxylic acids is 1. The molecule has 0 aliphatic carbocycles. The molecular formula is C20H22N4O5S. The molecule has 0 saturated carbocycles. The molecule has 1 unspecified atom stereocenters. The highest BCUT2D eigenvalue weighted by molar-refractivity contribution is 7.10. The van der Waals surface area contributed by atoms with E-state index in [2.05, 4.69) is 10.4 Å². The molecule has 30 heavy (non-hydrogen) atoms. The molecule has 0 saturated heterocycles. The lowest BCUT2D eigenvalue weighted by atomic mass is 10.1. The number of nitrogens with one attached hydrogen (secondary N) is 1. The third-order valence-electron chi connectivity index (χ3n) is 4.61. The van der Waals surface area contributed by atoms with Gasteiger partial charge in [-0.3, -0.25) is 19.6 Å². The summed E-state index contributed by atoms with van der Waals surface area (Å²) in [7, 11) is 2.78. The van der Waals surface area contributed by atoms with Crippen LogP contribution in [0.3, 0.4) is 0 Å². The van der Waals surface area contributed by atoms with Crippen molar-refractivity contribution < 1.29 is 19.2 Å². The molecule has 10 heteroatoms. The minimum Gasteiger partial charge on any atom is -0.493 e. The zero-order chi connectivity index (χ0) is 21.8. The highest BCUT2D eigenvalue weighted by Crippen LogP contribution is 2.34. The molecular weight excluding hydrogens is 408 g/mol. The Morgan fingerprint density at radius 2 is 1.97 bits per heavy atom. The molecule has 0 aliphatic heterocycles. The van der Waals surface area contributed by atoms with Crippen molar-refractivity contribution in [3.63, 3.8) is 0 Å². The molecule has 3 aromatic rings. The maximum atomic E-state index is 12.9. The van der Waals surface area contributed by atoms with E-state index in [1.54, 1.807) is 11.3 Å². The molecule has 0 bridgehead atoms. The van der Waals surface area contributed by atoms with E-state index in [0.29, 0.717) is 0 Å². The number of nitrogens with zero attached hydrogens (tertiary/aromatic N) is 3. The van der Waals surface area contributed by atoms with Crippen LogP contribution in [-0.2, 0) is 0 Å². The van der Waals surface area contributed by atoms with Gasteiger partial charge in [-0.25, -0.2) is 0 Å². The lowest BCUT2D eigenvalue weighted by Crippen LogP contribution is -2.32. The first-order chi connectivity index (χ1) is 14.3. The van der Waals surface area contributed by atoms with Crippen LogP contribution in [0.5, 0.6) is 11.5 Å². The minimum absolute atomic E-state index is 0.101. The summed E-state index contributed by atoms with van der Waals surface area (Å²) in [5.74, 6) is -0.160. The average molecular weight is 430 g/mol. The predicted octanol–water partition coefficient (Wildman–Crippen LogP) is 3.51. The molecule has 0 fully saturated rings. The summed E-state index contributed by atoms with van der Waals surface area (Å²) in [6.07, 6.45) is 0. The second kappa shape index (κ2) is 8.95. The van der Waals surface area contributed by atoms with Crippen molar-refractivity contribution in [3.05, 3.63) is 67.7 Å².